The molecule has 0 saturated heterocycles. The number of nitrogens with one attached hydrogen (secondary N) is 1. The third kappa shape index (κ3) is 3.42. The van der Waals surface area contributed by atoms with Crippen LogP contribution in [0.1, 0.15) is 5.69 Å². The van der Waals surface area contributed by atoms with Gasteiger partial charge in [0, 0.05) is 0 Å². The van der Waals surface area contributed by atoms with Crippen LogP contribution in [0.3, 0.4) is 0 Å². The Morgan fingerprint density at radius 2 is 1.83 bits per heavy atom. The Balaban J connectivity index is 2.11. The molecule has 92 valence electrons. The Labute approximate surface area is 115 Å². The number of nitrogens with zero attached hydrogens (tertiary/aromatic N) is 1. The maximum atomic E-state index is 12.0. The van der Waals surface area contributed by atoms with Gasteiger partial charge in [-0.05, 0) is 0 Å². The fourth-order valence-electron chi connectivity index (χ4n) is 1.38. The molecule has 1 aromatic heterocycles. The molecule has 0 aliphatic rings. The van der Waals surface area contributed by atoms with Crippen LogP contribution in [0.2, 0.25) is 0 Å². The predicted octanol–water partition coefficient (Wildman–Crippen LogP) is 0.354. The van der Waals surface area contributed by atoms with E-state index in [1.54, 1.807) is 42.6 Å². The Bertz CT molecular complexity index is 612. The third-order valence-electron chi connectivity index (χ3n) is 2.32. The van der Waals surface area contributed by atoms with E-state index in [-0.39, 0.29) is 11.4 Å². The summed E-state index contributed by atoms with van der Waals surface area (Å²) in [7, 11) is -3.47. The van der Waals surface area contributed by atoms with Crippen LogP contribution >= 0.6 is 0 Å². The van der Waals surface area contributed by atoms with Crippen molar-refractivity contribution in [1.29, 1.82) is 0 Å². The number of benzene rings is 1. The van der Waals surface area contributed by atoms with Crippen molar-refractivity contribution in [1.82, 2.24) is 9.71 Å². The van der Waals surface area contributed by atoms with Crippen molar-refractivity contribution >= 4 is 31.2 Å². The molecule has 0 aliphatic carbocycles. The van der Waals surface area contributed by atoms with Gasteiger partial charge in [0.15, 0.2) is 0 Å². The topological polar surface area (TPSA) is 59.1 Å². The molecule has 2 radical (unpaired) electrons. The first-order valence-electron chi connectivity index (χ1n) is 5.26. The zero-order valence-corrected chi connectivity index (χ0v) is 12.1. The maximum absolute atomic E-state index is 12.0. The molecule has 1 aromatic carbocycles. The first-order chi connectivity index (χ1) is 8.58. The Kier molecular flexibility index (Phi) is 4.17. The van der Waals surface area contributed by atoms with Gasteiger partial charge in [-0.1, -0.05) is 0 Å². The molecule has 4 nitrogen and oxygen atoms in total. The van der Waals surface area contributed by atoms with E-state index in [4.69, 9.17) is 0 Å². The second-order valence-electron chi connectivity index (χ2n) is 3.64. The summed E-state index contributed by atoms with van der Waals surface area (Å²) in [6.07, 6.45) is 1.63. The quantitative estimate of drug-likeness (QED) is 0.827. The number of pyridine rings is 1. The summed E-state index contributed by atoms with van der Waals surface area (Å²) in [4.78, 5) is 4.32. The van der Waals surface area contributed by atoms with Gasteiger partial charge in [0.05, 0.1) is 0 Å². The molecule has 1 N–H and O–H groups in total. The SMILES string of the molecule is O=S(=O)(NCc1ccccn1)c1ccc([As])cc1. The summed E-state index contributed by atoms with van der Waals surface area (Å²) >= 11 is 2.36. The van der Waals surface area contributed by atoms with E-state index >= 15 is 0 Å². The molecule has 0 atom stereocenters. The van der Waals surface area contributed by atoms with Crippen LogP contribution in [0.5, 0.6) is 0 Å². The minimum absolute atomic E-state index is 0.188. The normalized spacial score (nSPS) is 11.4. The molecule has 0 bridgehead atoms. The van der Waals surface area contributed by atoms with Crippen molar-refractivity contribution in [2.45, 2.75) is 11.4 Å². The van der Waals surface area contributed by atoms with Crippen LogP contribution in [-0.4, -0.2) is 30.3 Å². The van der Waals surface area contributed by atoms with E-state index in [1.807, 2.05) is 6.07 Å². The Morgan fingerprint density at radius 3 is 2.44 bits per heavy atom. The standard InChI is InChI=1S/C12H11AsN2O2S/c13-10-4-6-12(7-5-10)18(16,17)15-9-11-3-1-2-8-14-11/h1-8,15H,9H2. The van der Waals surface area contributed by atoms with E-state index in [0.717, 1.165) is 4.35 Å². The molecule has 2 aromatic rings. The van der Waals surface area contributed by atoms with Crippen molar-refractivity contribution in [2.75, 3.05) is 0 Å². The number of hydrogen-bond donors (Lipinski definition) is 1. The summed E-state index contributed by atoms with van der Waals surface area (Å²) in [5.41, 5.74) is 0.685. The van der Waals surface area contributed by atoms with E-state index in [0.29, 0.717) is 5.69 Å². The molecule has 0 unspecified atom stereocenters. The number of hydrogen-bond acceptors (Lipinski definition) is 3. The van der Waals surface area contributed by atoms with Crippen LogP contribution in [0.25, 0.3) is 0 Å². The van der Waals surface area contributed by atoms with Gasteiger partial charge in [0.25, 0.3) is 0 Å². The zero-order valence-electron chi connectivity index (χ0n) is 9.45. The van der Waals surface area contributed by atoms with Gasteiger partial charge in [0.2, 0.25) is 0 Å². The fourth-order valence-corrected chi connectivity index (χ4v) is 2.69. The predicted molar refractivity (Wildman–Crippen MR) is 70.1 cm³/mol. The summed E-state index contributed by atoms with van der Waals surface area (Å²) in [5.74, 6) is 0. The van der Waals surface area contributed by atoms with Gasteiger partial charge in [-0.15, -0.1) is 0 Å². The number of rotatable bonds is 4. The summed E-state index contributed by atoms with van der Waals surface area (Å²) in [6, 6.07) is 12.0. The number of sulfonamides is 1. The van der Waals surface area contributed by atoms with Crippen LogP contribution in [-0.2, 0) is 16.6 Å². The van der Waals surface area contributed by atoms with E-state index in [2.05, 4.69) is 26.6 Å². The van der Waals surface area contributed by atoms with Crippen molar-refractivity contribution in [3.05, 3.63) is 54.4 Å². The van der Waals surface area contributed by atoms with E-state index in [9.17, 15) is 8.42 Å². The summed E-state index contributed by atoms with van der Waals surface area (Å²) in [6.45, 7) is 0.188. The van der Waals surface area contributed by atoms with Crippen molar-refractivity contribution in [2.24, 2.45) is 0 Å². The molecule has 18 heavy (non-hydrogen) atoms. The second kappa shape index (κ2) is 5.65. The Hall–Kier alpha value is -1.16. The average Bonchev–Trinajstić information content (AvgIpc) is 2.38. The van der Waals surface area contributed by atoms with Gasteiger partial charge in [-0.2, -0.15) is 0 Å². The molecular formula is C12H11AsN2O2S. The molecule has 6 heteroatoms. The van der Waals surface area contributed by atoms with Crippen LogP contribution in [0, 0.1) is 0 Å². The molecule has 0 fully saturated rings. The molecular weight excluding hydrogens is 311 g/mol. The minimum atomic E-state index is -3.47. The molecule has 2 rings (SSSR count). The van der Waals surface area contributed by atoms with Crippen LogP contribution in [0.4, 0.5) is 0 Å². The second-order valence-corrected chi connectivity index (χ2v) is 6.49. The van der Waals surface area contributed by atoms with E-state index < -0.39 is 10.0 Å². The first-order valence-corrected chi connectivity index (χ1v) is 7.69. The monoisotopic (exact) mass is 322 g/mol. The third-order valence-corrected chi connectivity index (χ3v) is 4.36. The molecule has 0 spiro atoms. The first kappa shape index (κ1) is 13.3. The van der Waals surface area contributed by atoms with Gasteiger partial charge >= 0.3 is 115 Å². The van der Waals surface area contributed by atoms with Gasteiger partial charge < -0.3 is 0 Å². The average molecular weight is 322 g/mol. The van der Waals surface area contributed by atoms with Crippen molar-refractivity contribution in [3.63, 3.8) is 0 Å². The molecule has 0 amide bonds. The van der Waals surface area contributed by atoms with E-state index in [1.165, 1.54) is 0 Å². The van der Waals surface area contributed by atoms with Crippen LogP contribution in [0.15, 0.2) is 53.6 Å². The molecule has 0 aliphatic heterocycles. The van der Waals surface area contributed by atoms with Gasteiger partial charge in [-0.25, -0.2) is 0 Å². The van der Waals surface area contributed by atoms with Crippen LogP contribution < -0.4 is 9.07 Å². The zero-order chi connectivity index (χ0) is 13.0. The number of aromatic nitrogens is 1. The molecule has 0 saturated carbocycles. The fraction of sp³-hybridized carbons (Fsp3) is 0.0833. The van der Waals surface area contributed by atoms with Crippen molar-refractivity contribution in [3.8, 4) is 0 Å². The molecule has 1 heterocycles. The summed E-state index contributed by atoms with van der Waals surface area (Å²) in [5, 5.41) is 0. The summed E-state index contributed by atoms with van der Waals surface area (Å²) < 4.78 is 27.4. The van der Waals surface area contributed by atoms with Gasteiger partial charge in [0.1, 0.15) is 0 Å². The van der Waals surface area contributed by atoms with Crippen molar-refractivity contribution < 1.29 is 8.42 Å². The Morgan fingerprint density at radius 1 is 1.11 bits per heavy atom. The van der Waals surface area contributed by atoms with Gasteiger partial charge in [-0.3, -0.25) is 0 Å².